The number of likely N-dealkylation sites (N-methyl/N-ethyl adjacent to an activating group) is 1. The van der Waals surface area contributed by atoms with Crippen LogP contribution in [0.2, 0.25) is 0 Å². The van der Waals surface area contributed by atoms with Gasteiger partial charge in [0.25, 0.3) is 0 Å². The Balaban J connectivity index is 0.000000174. The highest BCUT2D eigenvalue weighted by molar-refractivity contribution is 5.35. The summed E-state index contributed by atoms with van der Waals surface area (Å²) in [5.74, 6) is 0.996. The van der Waals surface area contributed by atoms with Crippen LogP contribution in [0.15, 0.2) is 18.6 Å². The van der Waals surface area contributed by atoms with E-state index in [1.807, 2.05) is 6.20 Å². The molecule has 6 heteroatoms. The second-order valence-electron chi connectivity index (χ2n) is 6.85. The molecule has 6 nitrogen and oxygen atoms in total. The predicted octanol–water partition coefficient (Wildman–Crippen LogP) is 0.871. The molecule has 0 unspecified atom stereocenters. The minimum absolute atomic E-state index is 0.830. The first-order chi connectivity index (χ1) is 11.1. The van der Waals surface area contributed by atoms with Gasteiger partial charge in [-0.1, -0.05) is 0 Å². The minimum Gasteiger partial charge on any atom is -0.353 e. The van der Waals surface area contributed by atoms with E-state index in [4.69, 9.17) is 0 Å². The molecule has 0 atom stereocenters. The van der Waals surface area contributed by atoms with Crippen molar-refractivity contribution in [1.82, 2.24) is 24.7 Å². The summed E-state index contributed by atoms with van der Waals surface area (Å²) in [6.45, 7) is 6.85. The fraction of sp³-hybridized carbons (Fsp3) is 0.765. The molecule has 0 amide bonds. The van der Waals surface area contributed by atoms with E-state index in [0.717, 1.165) is 38.0 Å². The molecule has 2 saturated heterocycles. The molecule has 1 aromatic heterocycles. The topological polar surface area (TPSA) is 38.7 Å². The van der Waals surface area contributed by atoms with Gasteiger partial charge in [-0.05, 0) is 54.1 Å². The molecule has 0 aromatic carbocycles. The van der Waals surface area contributed by atoms with Gasteiger partial charge in [-0.15, -0.1) is 0 Å². The number of aromatic nitrogens is 2. The van der Waals surface area contributed by atoms with Crippen molar-refractivity contribution in [2.75, 3.05) is 72.4 Å². The molecule has 2 aliphatic heterocycles. The lowest BCUT2D eigenvalue weighted by Gasteiger charge is -2.32. The second-order valence-corrected chi connectivity index (χ2v) is 6.85. The summed E-state index contributed by atoms with van der Waals surface area (Å²) in [4.78, 5) is 17.7. The number of hydrogen-bond donors (Lipinski definition) is 0. The van der Waals surface area contributed by atoms with E-state index in [2.05, 4.69) is 57.8 Å². The van der Waals surface area contributed by atoms with Gasteiger partial charge in [-0.3, -0.25) is 4.98 Å². The average Bonchev–Trinajstić information content (AvgIpc) is 2.57. The number of anilines is 1. The minimum atomic E-state index is 0.830. The van der Waals surface area contributed by atoms with Crippen molar-refractivity contribution in [3.05, 3.63) is 18.6 Å². The Morgan fingerprint density at radius 3 is 2.04 bits per heavy atom. The smallest absolute Gasteiger partial charge is 0.147 e. The monoisotopic (exact) mass is 320 g/mol. The molecule has 2 aliphatic rings. The summed E-state index contributed by atoms with van der Waals surface area (Å²) in [5.41, 5.74) is 0. The summed E-state index contributed by atoms with van der Waals surface area (Å²) >= 11 is 0. The maximum absolute atomic E-state index is 4.27. The largest absolute Gasteiger partial charge is 0.353 e. The van der Waals surface area contributed by atoms with Gasteiger partial charge in [0.1, 0.15) is 5.82 Å². The standard InChI is InChI=1S/C9H14N4.C8H18N2/c1-12-4-6-13(7-5-12)9-8-10-2-3-11-9;1-9(2)8-4-6-10(3)7-5-8/h2-3,8H,4-7H2,1H3;8H,4-7H2,1-3H3. The molecular formula is C17H32N6. The molecule has 3 heterocycles. The SMILES string of the molecule is CN1CCC(N(C)C)CC1.CN1CCN(c2cnccn2)CC1. The van der Waals surface area contributed by atoms with Crippen LogP contribution < -0.4 is 4.90 Å². The van der Waals surface area contributed by atoms with Gasteiger partial charge >= 0.3 is 0 Å². The number of piperazine rings is 1. The molecule has 1 aromatic rings. The quantitative estimate of drug-likeness (QED) is 0.805. The van der Waals surface area contributed by atoms with E-state index in [1.54, 1.807) is 12.4 Å². The number of hydrogen-bond acceptors (Lipinski definition) is 6. The Morgan fingerprint density at radius 1 is 0.913 bits per heavy atom. The van der Waals surface area contributed by atoms with Gasteiger partial charge in [0.15, 0.2) is 0 Å². The predicted molar refractivity (Wildman–Crippen MR) is 95.9 cm³/mol. The summed E-state index contributed by atoms with van der Waals surface area (Å²) in [5, 5.41) is 0. The van der Waals surface area contributed by atoms with Crippen LogP contribution in [0, 0.1) is 0 Å². The molecule has 0 aliphatic carbocycles. The fourth-order valence-corrected chi connectivity index (χ4v) is 3.00. The van der Waals surface area contributed by atoms with Gasteiger partial charge in [0, 0.05) is 44.6 Å². The average molecular weight is 320 g/mol. The summed E-state index contributed by atoms with van der Waals surface area (Å²) in [6.07, 6.45) is 7.95. The van der Waals surface area contributed by atoms with Gasteiger partial charge in [-0.25, -0.2) is 4.98 Å². The lowest BCUT2D eigenvalue weighted by Crippen LogP contribution is -2.44. The van der Waals surface area contributed by atoms with E-state index in [-0.39, 0.29) is 0 Å². The van der Waals surface area contributed by atoms with E-state index in [1.165, 1.54) is 25.9 Å². The van der Waals surface area contributed by atoms with Crippen LogP contribution in [0.25, 0.3) is 0 Å². The maximum atomic E-state index is 4.27. The summed E-state index contributed by atoms with van der Waals surface area (Å²) in [6, 6.07) is 0.830. The van der Waals surface area contributed by atoms with Gasteiger partial charge < -0.3 is 19.6 Å². The van der Waals surface area contributed by atoms with Crippen molar-refractivity contribution in [2.24, 2.45) is 0 Å². The van der Waals surface area contributed by atoms with E-state index in [9.17, 15) is 0 Å². The second kappa shape index (κ2) is 9.15. The van der Waals surface area contributed by atoms with Crippen LogP contribution in [0.1, 0.15) is 12.8 Å². The highest BCUT2D eigenvalue weighted by Gasteiger charge is 2.17. The van der Waals surface area contributed by atoms with Crippen LogP contribution in [0.4, 0.5) is 5.82 Å². The Bertz CT molecular complexity index is 422. The first kappa shape index (κ1) is 18.1. The van der Waals surface area contributed by atoms with Crippen LogP contribution in [-0.4, -0.2) is 98.2 Å². The molecule has 3 rings (SSSR count). The van der Waals surface area contributed by atoms with Crippen molar-refractivity contribution in [3.63, 3.8) is 0 Å². The molecule has 23 heavy (non-hydrogen) atoms. The Hall–Kier alpha value is -1.24. The van der Waals surface area contributed by atoms with Crippen LogP contribution in [-0.2, 0) is 0 Å². The fourth-order valence-electron chi connectivity index (χ4n) is 3.00. The Kier molecular flexibility index (Phi) is 7.20. The third-order valence-corrected chi connectivity index (χ3v) is 4.80. The van der Waals surface area contributed by atoms with Crippen molar-refractivity contribution in [3.8, 4) is 0 Å². The molecule has 0 radical (unpaired) electrons. The third-order valence-electron chi connectivity index (χ3n) is 4.80. The highest BCUT2D eigenvalue weighted by atomic mass is 15.3. The number of rotatable bonds is 2. The van der Waals surface area contributed by atoms with E-state index in [0.29, 0.717) is 0 Å². The van der Waals surface area contributed by atoms with Crippen LogP contribution >= 0.6 is 0 Å². The normalized spacial score (nSPS) is 21.2. The first-order valence-electron chi connectivity index (χ1n) is 8.60. The van der Waals surface area contributed by atoms with E-state index >= 15 is 0 Å². The molecule has 2 fully saturated rings. The number of likely N-dealkylation sites (tertiary alicyclic amines) is 1. The van der Waals surface area contributed by atoms with Crippen molar-refractivity contribution in [2.45, 2.75) is 18.9 Å². The highest BCUT2D eigenvalue weighted by Crippen LogP contribution is 2.12. The molecule has 0 saturated carbocycles. The lowest BCUT2D eigenvalue weighted by atomic mass is 10.1. The zero-order valence-electron chi connectivity index (χ0n) is 15.1. The number of piperidine rings is 1. The summed E-state index contributed by atoms with van der Waals surface area (Å²) < 4.78 is 0. The third kappa shape index (κ3) is 6.05. The van der Waals surface area contributed by atoms with Crippen molar-refractivity contribution in [1.29, 1.82) is 0 Å². The van der Waals surface area contributed by atoms with Gasteiger partial charge in [0.2, 0.25) is 0 Å². The van der Waals surface area contributed by atoms with Gasteiger partial charge in [0.05, 0.1) is 6.20 Å². The molecule has 0 spiro atoms. The van der Waals surface area contributed by atoms with Crippen LogP contribution in [0.3, 0.4) is 0 Å². The number of nitrogens with zero attached hydrogens (tertiary/aromatic N) is 6. The lowest BCUT2D eigenvalue weighted by molar-refractivity contribution is 0.166. The van der Waals surface area contributed by atoms with Crippen molar-refractivity contribution >= 4 is 5.82 Å². The maximum Gasteiger partial charge on any atom is 0.147 e. The zero-order chi connectivity index (χ0) is 16.7. The molecule has 130 valence electrons. The zero-order valence-corrected chi connectivity index (χ0v) is 15.1. The molecule has 0 bridgehead atoms. The summed E-state index contributed by atoms with van der Waals surface area (Å²) in [7, 11) is 8.70. The van der Waals surface area contributed by atoms with Gasteiger partial charge in [-0.2, -0.15) is 0 Å². The Morgan fingerprint density at radius 2 is 1.52 bits per heavy atom. The van der Waals surface area contributed by atoms with E-state index < -0.39 is 0 Å². The van der Waals surface area contributed by atoms with Crippen LogP contribution in [0.5, 0.6) is 0 Å². The van der Waals surface area contributed by atoms with Crippen molar-refractivity contribution < 1.29 is 0 Å². The Labute approximate surface area is 141 Å². The molecular weight excluding hydrogens is 288 g/mol. The first-order valence-corrected chi connectivity index (χ1v) is 8.60. The molecule has 0 N–H and O–H groups in total.